The molecule has 0 bridgehead atoms. The molecule has 36 heavy (non-hydrogen) atoms. The van der Waals surface area contributed by atoms with E-state index in [0.717, 1.165) is 29.7 Å². The number of hydroxylamine groups is 1. The number of hydrogen-bond donors (Lipinski definition) is 3. The van der Waals surface area contributed by atoms with Crippen LogP contribution in [0.4, 0.5) is 21.1 Å². The molecule has 0 atom stereocenters. The highest BCUT2D eigenvalue weighted by Crippen LogP contribution is 2.39. The van der Waals surface area contributed by atoms with Gasteiger partial charge >= 0.3 is 18.0 Å². The molecular weight excluding hydrogens is 462 g/mol. The molecule has 1 heterocycles. The molecular formula is C26H33N5O5. The molecule has 4 amide bonds. The third kappa shape index (κ3) is 7.54. The fourth-order valence-corrected chi connectivity index (χ4v) is 4.14. The fraction of sp³-hybridized carbons (Fsp3) is 0.385. The first-order valence-electron chi connectivity index (χ1n) is 11.9. The number of para-hydroxylation sites is 1. The minimum absolute atomic E-state index is 0.0244. The van der Waals surface area contributed by atoms with Crippen molar-refractivity contribution >= 4 is 29.5 Å². The minimum atomic E-state index is -0.511. The largest absolute Gasteiger partial charge is 0.460 e. The van der Waals surface area contributed by atoms with Crippen molar-refractivity contribution in [1.82, 2.24) is 15.8 Å². The monoisotopic (exact) mass is 495 g/mol. The van der Waals surface area contributed by atoms with Crippen molar-refractivity contribution in [2.45, 2.75) is 45.1 Å². The number of benzene rings is 1. The lowest BCUT2D eigenvalue weighted by Gasteiger charge is -2.27. The zero-order valence-electron chi connectivity index (χ0n) is 20.7. The second-order valence-electron chi connectivity index (χ2n) is 8.58. The Bertz CT molecular complexity index is 1080. The molecule has 10 heteroatoms. The maximum atomic E-state index is 13.0. The average molecular weight is 496 g/mol. The summed E-state index contributed by atoms with van der Waals surface area (Å²) in [6.45, 7) is 5.45. The second-order valence-corrected chi connectivity index (χ2v) is 8.58. The van der Waals surface area contributed by atoms with Crippen LogP contribution in [0.25, 0.3) is 0 Å². The Morgan fingerprint density at radius 3 is 2.64 bits per heavy atom. The number of anilines is 2. The van der Waals surface area contributed by atoms with E-state index >= 15 is 0 Å². The summed E-state index contributed by atoms with van der Waals surface area (Å²) < 4.78 is 4.95. The molecule has 2 aromatic rings. The molecule has 0 radical (unpaired) electrons. The zero-order chi connectivity index (χ0) is 25.9. The lowest BCUT2D eigenvalue weighted by atomic mass is 9.95. The van der Waals surface area contributed by atoms with E-state index in [-0.39, 0.29) is 19.7 Å². The van der Waals surface area contributed by atoms with Crippen LogP contribution in [0.5, 0.6) is 0 Å². The van der Waals surface area contributed by atoms with Crippen molar-refractivity contribution in [3.63, 3.8) is 0 Å². The van der Waals surface area contributed by atoms with E-state index in [1.165, 1.54) is 20.0 Å². The summed E-state index contributed by atoms with van der Waals surface area (Å²) in [5.74, 6) is 0.218. The van der Waals surface area contributed by atoms with Crippen LogP contribution in [0, 0.1) is 0 Å². The first kappa shape index (κ1) is 26.7. The number of hydrogen-bond acceptors (Lipinski definition) is 6. The number of aromatic nitrogens is 1. The predicted molar refractivity (Wildman–Crippen MR) is 136 cm³/mol. The van der Waals surface area contributed by atoms with Crippen molar-refractivity contribution in [1.29, 1.82) is 0 Å². The van der Waals surface area contributed by atoms with Gasteiger partial charge in [-0.25, -0.2) is 24.8 Å². The third-order valence-corrected chi connectivity index (χ3v) is 5.83. The number of pyridine rings is 1. The molecule has 0 spiro atoms. The van der Waals surface area contributed by atoms with E-state index in [9.17, 15) is 14.4 Å². The third-order valence-electron chi connectivity index (χ3n) is 5.83. The topological polar surface area (TPSA) is 122 Å². The lowest BCUT2D eigenvalue weighted by Crippen LogP contribution is -2.39. The molecule has 192 valence electrons. The molecule has 1 aliphatic carbocycles. The molecule has 0 saturated heterocycles. The van der Waals surface area contributed by atoms with Crippen LogP contribution < -0.4 is 21.0 Å². The van der Waals surface area contributed by atoms with Gasteiger partial charge in [0.15, 0.2) is 0 Å². The predicted octanol–water partition coefficient (Wildman–Crippen LogP) is 4.26. The summed E-state index contributed by atoms with van der Waals surface area (Å²) in [6, 6.07) is 10.5. The van der Waals surface area contributed by atoms with Crippen molar-refractivity contribution < 1.29 is 24.0 Å². The standard InChI is InChI=1S/C26H33N5O5/c1-18(2)24(32)36-15-14-28-25(33)29-23-16-19(12-13-27-23)17-31(26(34)30-35-3)22-11-7-6-10-21(22)20-8-4-5-9-20/h6-7,10-13,16,20H,1,4-5,8-9,14-15,17H2,2-3H3,(H,30,34)(H2,27,28,29,33). The molecule has 3 rings (SSSR count). The molecule has 0 aliphatic heterocycles. The average Bonchev–Trinajstić information content (AvgIpc) is 3.40. The highest BCUT2D eigenvalue weighted by atomic mass is 16.6. The van der Waals surface area contributed by atoms with Gasteiger partial charge in [0.1, 0.15) is 12.4 Å². The number of esters is 1. The quantitative estimate of drug-likeness (QED) is 0.196. The molecule has 1 fully saturated rings. The molecule has 1 aromatic heterocycles. The maximum Gasteiger partial charge on any atom is 0.346 e. The fourth-order valence-electron chi connectivity index (χ4n) is 4.14. The van der Waals surface area contributed by atoms with Crippen LogP contribution in [0.2, 0.25) is 0 Å². The zero-order valence-corrected chi connectivity index (χ0v) is 20.7. The Hall–Kier alpha value is -3.92. The number of urea groups is 2. The first-order valence-corrected chi connectivity index (χ1v) is 11.9. The van der Waals surface area contributed by atoms with Crippen LogP contribution in [-0.2, 0) is 20.9 Å². The molecule has 1 aromatic carbocycles. The van der Waals surface area contributed by atoms with E-state index in [1.807, 2.05) is 18.2 Å². The Morgan fingerprint density at radius 1 is 1.17 bits per heavy atom. The second kappa shape index (κ2) is 13.2. The summed E-state index contributed by atoms with van der Waals surface area (Å²) in [4.78, 5) is 47.3. The Balaban J connectivity index is 1.69. The van der Waals surface area contributed by atoms with Crippen molar-refractivity contribution in [2.75, 3.05) is 30.5 Å². The summed E-state index contributed by atoms with van der Waals surface area (Å²) in [6.07, 6.45) is 6.13. The summed E-state index contributed by atoms with van der Waals surface area (Å²) >= 11 is 0. The van der Waals surface area contributed by atoms with Gasteiger partial charge in [0.25, 0.3) is 0 Å². The Morgan fingerprint density at radius 2 is 1.92 bits per heavy atom. The number of amides is 4. The molecule has 1 saturated carbocycles. The van der Waals surface area contributed by atoms with Crippen LogP contribution in [0.1, 0.15) is 49.7 Å². The minimum Gasteiger partial charge on any atom is -0.460 e. The number of rotatable bonds is 10. The van der Waals surface area contributed by atoms with E-state index in [2.05, 4.69) is 33.7 Å². The summed E-state index contributed by atoms with van der Waals surface area (Å²) in [5.41, 5.74) is 5.45. The number of nitrogens with zero attached hydrogens (tertiary/aromatic N) is 2. The van der Waals surface area contributed by atoms with Crippen LogP contribution >= 0.6 is 0 Å². The Labute approximate surface area is 211 Å². The smallest absolute Gasteiger partial charge is 0.346 e. The molecule has 10 nitrogen and oxygen atoms in total. The van der Waals surface area contributed by atoms with Gasteiger partial charge in [0.2, 0.25) is 0 Å². The highest BCUT2D eigenvalue weighted by Gasteiger charge is 2.25. The SMILES string of the molecule is C=C(C)C(=O)OCCNC(=O)Nc1cc(CN(C(=O)NOC)c2ccccc2C2CCCC2)ccn1. The van der Waals surface area contributed by atoms with Crippen LogP contribution in [0.3, 0.4) is 0 Å². The number of carbonyl (C=O) groups is 3. The van der Waals surface area contributed by atoms with Crippen molar-refractivity contribution in [2.24, 2.45) is 0 Å². The Kier molecular flexibility index (Phi) is 9.82. The van der Waals surface area contributed by atoms with E-state index in [1.54, 1.807) is 30.2 Å². The molecule has 3 N–H and O–H groups in total. The number of ether oxygens (including phenoxy) is 1. The van der Waals surface area contributed by atoms with Crippen LogP contribution in [0.15, 0.2) is 54.7 Å². The number of nitrogens with one attached hydrogen (secondary N) is 3. The van der Waals surface area contributed by atoms with E-state index in [4.69, 9.17) is 9.57 Å². The maximum absolute atomic E-state index is 13.0. The van der Waals surface area contributed by atoms with Gasteiger partial charge in [-0.1, -0.05) is 37.6 Å². The van der Waals surface area contributed by atoms with E-state index < -0.39 is 18.0 Å². The van der Waals surface area contributed by atoms with Gasteiger partial charge in [-0.2, -0.15) is 0 Å². The van der Waals surface area contributed by atoms with Gasteiger partial charge in [-0.3, -0.25) is 15.1 Å². The molecule has 1 aliphatic rings. The summed E-state index contributed by atoms with van der Waals surface area (Å²) in [5, 5.41) is 5.25. The number of carbonyl (C=O) groups excluding carboxylic acids is 3. The first-order chi connectivity index (χ1) is 17.4. The summed E-state index contributed by atoms with van der Waals surface area (Å²) in [7, 11) is 1.39. The lowest BCUT2D eigenvalue weighted by molar-refractivity contribution is -0.138. The van der Waals surface area contributed by atoms with Gasteiger partial charge in [-0.15, -0.1) is 0 Å². The van der Waals surface area contributed by atoms with E-state index in [0.29, 0.717) is 17.3 Å². The van der Waals surface area contributed by atoms with Gasteiger partial charge < -0.3 is 10.1 Å². The van der Waals surface area contributed by atoms with Crippen molar-refractivity contribution in [3.05, 3.63) is 65.9 Å². The van der Waals surface area contributed by atoms with Gasteiger partial charge in [0.05, 0.1) is 20.2 Å². The highest BCUT2D eigenvalue weighted by molar-refractivity contribution is 5.92. The normalized spacial score (nSPS) is 13.1. The van der Waals surface area contributed by atoms with Gasteiger partial charge in [0, 0.05) is 17.5 Å². The molecule has 0 unspecified atom stereocenters. The van der Waals surface area contributed by atoms with Gasteiger partial charge in [-0.05, 0) is 55.0 Å². The van der Waals surface area contributed by atoms with Crippen molar-refractivity contribution in [3.8, 4) is 0 Å². The van der Waals surface area contributed by atoms with Crippen LogP contribution in [-0.4, -0.2) is 43.3 Å².